The Hall–Kier alpha value is -0.100. The van der Waals surface area contributed by atoms with Crippen molar-refractivity contribution in [2.24, 2.45) is 5.73 Å². The zero-order valence-electron chi connectivity index (χ0n) is 9.69. The van der Waals surface area contributed by atoms with Crippen molar-refractivity contribution < 1.29 is 0 Å². The summed E-state index contributed by atoms with van der Waals surface area (Å²) in [5.74, 6) is 2.58. The van der Waals surface area contributed by atoms with Gasteiger partial charge in [0.2, 0.25) is 0 Å². The standard InChI is InChI=1S/C11H19N3S2/c1-14(10-3-5-15-8-10)6-9-7-16-11(13-9)2-4-12/h7,10H,2-6,8,12H2,1H3. The predicted octanol–water partition coefficient (Wildman–Crippen LogP) is 1.58. The zero-order valence-corrected chi connectivity index (χ0v) is 11.3. The second-order valence-electron chi connectivity index (χ2n) is 4.20. The van der Waals surface area contributed by atoms with Crippen LogP contribution in [0.15, 0.2) is 5.38 Å². The minimum Gasteiger partial charge on any atom is -0.330 e. The van der Waals surface area contributed by atoms with Crippen LogP contribution in [-0.2, 0) is 13.0 Å². The molecule has 0 amide bonds. The summed E-state index contributed by atoms with van der Waals surface area (Å²) in [4.78, 5) is 7.03. The molecule has 1 fully saturated rings. The summed E-state index contributed by atoms with van der Waals surface area (Å²) in [7, 11) is 2.21. The zero-order chi connectivity index (χ0) is 11.4. The van der Waals surface area contributed by atoms with Gasteiger partial charge in [0, 0.05) is 30.1 Å². The molecule has 1 unspecified atom stereocenters. The SMILES string of the molecule is CN(Cc1csc(CCN)n1)C1CCSC1. The fourth-order valence-electron chi connectivity index (χ4n) is 1.91. The molecular weight excluding hydrogens is 238 g/mol. The van der Waals surface area contributed by atoms with E-state index in [4.69, 9.17) is 5.73 Å². The molecule has 3 nitrogen and oxygen atoms in total. The Labute approximate surface area is 105 Å². The molecule has 0 aliphatic carbocycles. The van der Waals surface area contributed by atoms with Crippen molar-refractivity contribution in [1.82, 2.24) is 9.88 Å². The van der Waals surface area contributed by atoms with Gasteiger partial charge in [-0.05, 0) is 25.8 Å². The Morgan fingerprint density at radius 3 is 3.19 bits per heavy atom. The van der Waals surface area contributed by atoms with Gasteiger partial charge in [0.05, 0.1) is 10.7 Å². The van der Waals surface area contributed by atoms with E-state index < -0.39 is 0 Å². The Bertz CT molecular complexity index is 321. The summed E-state index contributed by atoms with van der Waals surface area (Å²) in [6, 6.07) is 0.740. The first kappa shape index (κ1) is 12.4. The van der Waals surface area contributed by atoms with Gasteiger partial charge in [-0.25, -0.2) is 4.98 Å². The lowest BCUT2D eigenvalue weighted by molar-refractivity contribution is 0.252. The first-order chi connectivity index (χ1) is 7.79. The lowest BCUT2D eigenvalue weighted by Crippen LogP contribution is -2.30. The van der Waals surface area contributed by atoms with E-state index >= 15 is 0 Å². The number of rotatable bonds is 5. The van der Waals surface area contributed by atoms with E-state index in [0.29, 0.717) is 6.54 Å². The molecule has 2 heterocycles. The van der Waals surface area contributed by atoms with Crippen LogP contribution in [0, 0.1) is 0 Å². The Morgan fingerprint density at radius 1 is 1.62 bits per heavy atom. The molecule has 0 bridgehead atoms. The molecule has 0 spiro atoms. The van der Waals surface area contributed by atoms with E-state index in [-0.39, 0.29) is 0 Å². The van der Waals surface area contributed by atoms with Crippen LogP contribution >= 0.6 is 23.1 Å². The Balaban J connectivity index is 1.87. The number of hydrogen-bond acceptors (Lipinski definition) is 5. The average Bonchev–Trinajstić information content (AvgIpc) is 2.89. The molecule has 0 saturated carbocycles. The van der Waals surface area contributed by atoms with Crippen LogP contribution in [0.25, 0.3) is 0 Å². The maximum absolute atomic E-state index is 5.52. The molecule has 1 atom stereocenters. The summed E-state index contributed by atoms with van der Waals surface area (Å²) < 4.78 is 0. The highest BCUT2D eigenvalue weighted by Gasteiger charge is 2.20. The number of thiazole rings is 1. The van der Waals surface area contributed by atoms with E-state index in [1.807, 2.05) is 0 Å². The number of nitrogens with zero attached hydrogens (tertiary/aromatic N) is 2. The Morgan fingerprint density at radius 2 is 2.50 bits per heavy atom. The van der Waals surface area contributed by atoms with E-state index in [1.54, 1.807) is 11.3 Å². The van der Waals surface area contributed by atoms with Gasteiger partial charge in [-0.3, -0.25) is 4.90 Å². The monoisotopic (exact) mass is 257 g/mol. The summed E-state index contributed by atoms with van der Waals surface area (Å²) in [5.41, 5.74) is 6.73. The fourth-order valence-corrected chi connectivity index (χ4v) is 4.02. The van der Waals surface area contributed by atoms with Gasteiger partial charge in [-0.15, -0.1) is 11.3 Å². The number of aromatic nitrogens is 1. The van der Waals surface area contributed by atoms with Crippen molar-refractivity contribution in [3.8, 4) is 0 Å². The minimum absolute atomic E-state index is 0.696. The van der Waals surface area contributed by atoms with E-state index in [2.05, 4.69) is 34.1 Å². The van der Waals surface area contributed by atoms with E-state index in [1.165, 1.54) is 28.6 Å². The third kappa shape index (κ3) is 3.20. The Kier molecular flexibility index (Phi) is 4.64. The first-order valence-electron chi connectivity index (χ1n) is 5.71. The molecular formula is C11H19N3S2. The van der Waals surface area contributed by atoms with Crippen molar-refractivity contribution in [3.63, 3.8) is 0 Å². The third-order valence-corrected chi connectivity index (χ3v) is 5.00. The van der Waals surface area contributed by atoms with Crippen LogP contribution in [0.4, 0.5) is 0 Å². The first-order valence-corrected chi connectivity index (χ1v) is 7.74. The summed E-state index contributed by atoms with van der Waals surface area (Å²) in [5, 5.41) is 3.34. The molecule has 16 heavy (non-hydrogen) atoms. The summed E-state index contributed by atoms with van der Waals surface area (Å²) >= 11 is 3.79. The number of hydrogen-bond donors (Lipinski definition) is 1. The highest BCUT2D eigenvalue weighted by molar-refractivity contribution is 7.99. The number of nitrogens with two attached hydrogens (primary N) is 1. The second-order valence-corrected chi connectivity index (χ2v) is 6.30. The van der Waals surface area contributed by atoms with Gasteiger partial charge in [-0.2, -0.15) is 11.8 Å². The molecule has 0 radical (unpaired) electrons. The molecule has 1 aliphatic rings. The smallest absolute Gasteiger partial charge is 0.0941 e. The highest BCUT2D eigenvalue weighted by atomic mass is 32.2. The van der Waals surface area contributed by atoms with Crippen LogP contribution in [-0.4, -0.2) is 41.0 Å². The van der Waals surface area contributed by atoms with Crippen molar-refractivity contribution in [2.45, 2.75) is 25.4 Å². The topological polar surface area (TPSA) is 42.1 Å². The van der Waals surface area contributed by atoms with E-state index in [9.17, 15) is 0 Å². The molecule has 0 aromatic carbocycles. The minimum atomic E-state index is 0.696. The largest absolute Gasteiger partial charge is 0.330 e. The molecule has 5 heteroatoms. The van der Waals surface area contributed by atoms with Crippen molar-refractivity contribution >= 4 is 23.1 Å². The summed E-state index contributed by atoms with van der Waals surface area (Å²) in [6.07, 6.45) is 2.23. The molecule has 1 aromatic rings. The second kappa shape index (κ2) is 6.00. The van der Waals surface area contributed by atoms with Gasteiger partial charge in [0.25, 0.3) is 0 Å². The molecule has 1 saturated heterocycles. The van der Waals surface area contributed by atoms with Crippen molar-refractivity contribution in [2.75, 3.05) is 25.1 Å². The van der Waals surface area contributed by atoms with Crippen LogP contribution in [0.2, 0.25) is 0 Å². The maximum atomic E-state index is 5.52. The molecule has 2 N–H and O–H groups in total. The molecule has 90 valence electrons. The number of thioether (sulfide) groups is 1. The fraction of sp³-hybridized carbons (Fsp3) is 0.727. The lowest BCUT2D eigenvalue weighted by Gasteiger charge is -2.22. The van der Waals surface area contributed by atoms with Crippen LogP contribution in [0.1, 0.15) is 17.1 Å². The van der Waals surface area contributed by atoms with Crippen molar-refractivity contribution in [1.29, 1.82) is 0 Å². The maximum Gasteiger partial charge on any atom is 0.0941 e. The van der Waals surface area contributed by atoms with Gasteiger partial charge < -0.3 is 5.73 Å². The van der Waals surface area contributed by atoms with Gasteiger partial charge >= 0.3 is 0 Å². The summed E-state index contributed by atoms with van der Waals surface area (Å²) in [6.45, 7) is 1.67. The molecule has 1 aromatic heterocycles. The molecule has 2 rings (SSSR count). The lowest BCUT2D eigenvalue weighted by atomic mass is 10.2. The van der Waals surface area contributed by atoms with Crippen LogP contribution in [0.5, 0.6) is 0 Å². The third-order valence-electron chi connectivity index (χ3n) is 2.90. The van der Waals surface area contributed by atoms with Crippen molar-refractivity contribution in [3.05, 3.63) is 16.1 Å². The normalized spacial score (nSPS) is 20.8. The highest BCUT2D eigenvalue weighted by Crippen LogP contribution is 2.22. The van der Waals surface area contributed by atoms with Crippen LogP contribution in [0.3, 0.4) is 0 Å². The van der Waals surface area contributed by atoms with Crippen LogP contribution < -0.4 is 5.73 Å². The quantitative estimate of drug-likeness (QED) is 0.870. The predicted molar refractivity (Wildman–Crippen MR) is 72.1 cm³/mol. The van der Waals surface area contributed by atoms with Gasteiger partial charge in [-0.1, -0.05) is 0 Å². The average molecular weight is 257 g/mol. The van der Waals surface area contributed by atoms with E-state index in [0.717, 1.165) is 19.0 Å². The van der Waals surface area contributed by atoms with Gasteiger partial charge in [0.15, 0.2) is 0 Å². The molecule has 1 aliphatic heterocycles. The van der Waals surface area contributed by atoms with Gasteiger partial charge in [0.1, 0.15) is 0 Å².